The Morgan fingerprint density at radius 2 is 1.88 bits per heavy atom. The highest BCUT2D eigenvalue weighted by Gasteiger charge is 2.79. The van der Waals surface area contributed by atoms with Gasteiger partial charge in [0.1, 0.15) is 0 Å². The Morgan fingerprint density at radius 1 is 1.12 bits per heavy atom. The molecule has 0 saturated heterocycles. The van der Waals surface area contributed by atoms with Gasteiger partial charge in [-0.2, -0.15) is 5.10 Å². The minimum atomic E-state index is 0.311. The number of nitrogens with one attached hydrogen (secondary N) is 1. The molecule has 2 bridgehead atoms. The molecule has 0 aromatic heterocycles. The lowest BCUT2D eigenvalue weighted by atomic mass is 9.59. The van der Waals surface area contributed by atoms with Crippen molar-refractivity contribution in [3.05, 3.63) is 0 Å². The third kappa shape index (κ3) is 0.643. The molecule has 5 aliphatic rings. The zero-order chi connectivity index (χ0) is 10.6. The number of hydrazone groups is 1. The first kappa shape index (κ1) is 8.45. The fraction of sp³-hybridized carbons (Fsp3) is 0.833. The number of hydrogen-bond acceptors (Lipinski definition) is 2. The van der Waals surface area contributed by atoms with Gasteiger partial charge in [0.2, 0.25) is 0 Å². The number of nitrogens with zero attached hydrogens (tertiary/aromatic N) is 1. The third-order valence-corrected chi connectivity index (χ3v) is 6.43. The fourth-order valence-electron chi connectivity index (χ4n) is 6.40. The highest BCUT2D eigenvalue weighted by atomic mass is 32.1. The Balaban J connectivity index is 1.60. The summed E-state index contributed by atoms with van der Waals surface area (Å²) >= 11 is 4.84. The summed E-state index contributed by atoms with van der Waals surface area (Å²) in [5.74, 6) is 7.72. The zero-order valence-electron chi connectivity index (χ0n) is 8.97. The van der Waals surface area contributed by atoms with Gasteiger partial charge in [0, 0.05) is 17.5 Å². The molecule has 8 atom stereocenters. The lowest BCUT2D eigenvalue weighted by molar-refractivity contribution is 0.0503. The molecule has 0 radical (unpaired) electrons. The Kier molecular flexibility index (Phi) is 1.22. The number of fused-ring (bicyclic) bond motifs is 2. The quantitative estimate of drug-likeness (QED) is 0.524. The summed E-state index contributed by atoms with van der Waals surface area (Å²) in [6.45, 7) is 0. The van der Waals surface area contributed by atoms with Crippen LogP contribution in [0.15, 0.2) is 5.10 Å². The van der Waals surface area contributed by atoms with Crippen LogP contribution in [0.2, 0.25) is 0 Å². The van der Waals surface area contributed by atoms with E-state index in [9.17, 15) is 0 Å². The molecule has 5 aliphatic carbocycles. The monoisotopic (exact) mass is 233 g/mol. The van der Waals surface area contributed by atoms with Crippen LogP contribution in [0.5, 0.6) is 0 Å². The van der Waals surface area contributed by atoms with Gasteiger partial charge in [-0.1, -0.05) is 0 Å². The number of hydrogen-bond donors (Lipinski definition) is 2. The van der Waals surface area contributed by atoms with Crippen molar-refractivity contribution in [2.45, 2.75) is 12.8 Å². The lowest BCUT2D eigenvalue weighted by Crippen LogP contribution is -2.44. The zero-order valence-corrected chi connectivity index (χ0v) is 9.78. The first-order valence-corrected chi connectivity index (χ1v) is 6.81. The number of nitrogens with two attached hydrogens (primary N) is 1. The Hall–Kier alpha value is -0.640. The maximum Gasteiger partial charge on any atom is 0.184 e. The molecule has 0 heterocycles. The van der Waals surface area contributed by atoms with Crippen molar-refractivity contribution in [2.75, 3.05) is 0 Å². The molecular weight excluding hydrogens is 218 g/mol. The van der Waals surface area contributed by atoms with Gasteiger partial charge in [0.15, 0.2) is 5.11 Å². The van der Waals surface area contributed by atoms with E-state index in [1.54, 1.807) is 0 Å². The fourth-order valence-corrected chi connectivity index (χ4v) is 6.45. The molecule has 5 fully saturated rings. The molecule has 5 saturated carbocycles. The van der Waals surface area contributed by atoms with Gasteiger partial charge in [-0.3, -0.25) is 5.43 Å². The lowest BCUT2D eigenvalue weighted by Gasteiger charge is -2.44. The van der Waals surface area contributed by atoms with Crippen LogP contribution in [0.25, 0.3) is 0 Å². The molecule has 0 aromatic rings. The van der Waals surface area contributed by atoms with E-state index in [0.717, 1.165) is 47.3 Å². The van der Waals surface area contributed by atoms with Gasteiger partial charge in [-0.15, -0.1) is 0 Å². The molecule has 0 aliphatic heterocycles. The van der Waals surface area contributed by atoms with Crippen molar-refractivity contribution < 1.29 is 0 Å². The van der Waals surface area contributed by atoms with Crippen LogP contribution in [0.3, 0.4) is 0 Å². The summed E-state index contributed by atoms with van der Waals surface area (Å²) in [5.41, 5.74) is 9.75. The number of rotatable bonds is 1. The van der Waals surface area contributed by atoms with Gasteiger partial charge in [-0.25, -0.2) is 0 Å². The molecule has 3 nitrogen and oxygen atoms in total. The SMILES string of the molecule is NC(=S)N/N=C1/[C@@H]2[C@@H]3C[C@@H]4[C@@H]1[C@@H]1[C@H]2C[C@H]3[C@@H]41. The molecular formula is C12H15N3S. The van der Waals surface area contributed by atoms with Crippen LogP contribution in [0.4, 0.5) is 0 Å². The largest absolute Gasteiger partial charge is 0.375 e. The first-order valence-electron chi connectivity index (χ1n) is 6.40. The summed E-state index contributed by atoms with van der Waals surface area (Å²) in [7, 11) is 0. The summed E-state index contributed by atoms with van der Waals surface area (Å²) in [4.78, 5) is 0. The number of thiocarbonyl (C=S) groups is 1. The van der Waals surface area contributed by atoms with E-state index in [1.807, 2.05) is 0 Å². The Morgan fingerprint density at radius 3 is 2.69 bits per heavy atom. The average Bonchev–Trinajstić information content (AvgIpc) is 2.72. The second-order valence-corrected chi connectivity index (χ2v) is 6.79. The predicted molar refractivity (Wildman–Crippen MR) is 64.5 cm³/mol. The first-order chi connectivity index (χ1) is 7.77. The van der Waals surface area contributed by atoms with Crippen molar-refractivity contribution in [1.82, 2.24) is 5.43 Å². The molecule has 0 unspecified atom stereocenters. The third-order valence-electron chi connectivity index (χ3n) is 6.34. The molecule has 16 heavy (non-hydrogen) atoms. The summed E-state index contributed by atoms with van der Waals surface area (Å²) in [5, 5.41) is 4.85. The van der Waals surface area contributed by atoms with Crippen molar-refractivity contribution in [3.63, 3.8) is 0 Å². The minimum absolute atomic E-state index is 0.311. The second-order valence-electron chi connectivity index (χ2n) is 6.35. The summed E-state index contributed by atoms with van der Waals surface area (Å²) in [6, 6.07) is 0. The van der Waals surface area contributed by atoms with Crippen molar-refractivity contribution in [1.29, 1.82) is 0 Å². The molecule has 0 aromatic carbocycles. The van der Waals surface area contributed by atoms with Gasteiger partial charge in [0.25, 0.3) is 0 Å². The van der Waals surface area contributed by atoms with E-state index in [0.29, 0.717) is 5.11 Å². The van der Waals surface area contributed by atoms with Gasteiger partial charge in [0.05, 0.1) is 0 Å². The van der Waals surface area contributed by atoms with Gasteiger partial charge >= 0.3 is 0 Å². The topological polar surface area (TPSA) is 50.4 Å². The summed E-state index contributed by atoms with van der Waals surface area (Å²) in [6.07, 6.45) is 3.01. The van der Waals surface area contributed by atoms with E-state index >= 15 is 0 Å². The Bertz CT molecular complexity index is 440. The molecule has 3 N–H and O–H groups in total. The van der Waals surface area contributed by atoms with Gasteiger partial charge < -0.3 is 5.73 Å². The maximum atomic E-state index is 5.47. The molecule has 0 spiro atoms. The second kappa shape index (κ2) is 2.30. The van der Waals surface area contributed by atoms with Gasteiger partial charge in [-0.05, 0) is 60.6 Å². The maximum absolute atomic E-state index is 5.47. The normalized spacial score (nSPS) is 64.4. The standard InChI is InChI=1S/C12H15N3S/c13-12(16)15-14-11-8-4-2-5-7-3(4)1-6(8)9(7)10(5)11/h3-10H,1-2H2,(H3,13,15,16)/b14-11-/t3-,4-,5+,6+,7+,8-,9-,10-/m1/s1. The van der Waals surface area contributed by atoms with Crippen LogP contribution >= 0.6 is 12.2 Å². The van der Waals surface area contributed by atoms with E-state index in [2.05, 4.69) is 10.5 Å². The highest BCUT2D eigenvalue weighted by molar-refractivity contribution is 7.80. The van der Waals surface area contributed by atoms with Crippen molar-refractivity contribution in [3.8, 4) is 0 Å². The van der Waals surface area contributed by atoms with E-state index in [-0.39, 0.29) is 0 Å². The van der Waals surface area contributed by atoms with Crippen LogP contribution in [0, 0.1) is 47.3 Å². The van der Waals surface area contributed by atoms with Crippen LogP contribution in [-0.4, -0.2) is 10.8 Å². The molecule has 4 heteroatoms. The predicted octanol–water partition coefficient (Wildman–Crippen LogP) is 0.953. The smallest absolute Gasteiger partial charge is 0.184 e. The minimum Gasteiger partial charge on any atom is -0.375 e. The van der Waals surface area contributed by atoms with Crippen molar-refractivity contribution >= 4 is 23.0 Å². The van der Waals surface area contributed by atoms with Crippen molar-refractivity contribution in [2.24, 2.45) is 58.2 Å². The molecule has 5 rings (SSSR count). The summed E-state index contributed by atoms with van der Waals surface area (Å²) < 4.78 is 0. The van der Waals surface area contributed by atoms with E-state index in [1.165, 1.54) is 18.6 Å². The van der Waals surface area contributed by atoms with Crippen LogP contribution in [-0.2, 0) is 0 Å². The van der Waals surface area contributed by atoms with E-state index < -0.39 is 0 Å². The highest BCUT2D eigenvalue weighted by Crippen LogP contribution is 2.81. The van der Waals surface area contributed by atoms with Crippen LogP contribution in [0.1, 0.15) is 12.8 Å². The Labute approximate surface area is 99.8 Å². The van der Waals surface area contributed by atoms with Crippen LogP contribution < -0.4 is 11.2 Å². The average molecular weight is 233 g/mol. The molecule has 0 amide bonds. The van der Waals surface area contributed by atoms with E-state index in [4.69, 9.17) is 18.0 Å². The molecule has 84 valence electrons.